The van der Waals surface area contributed by atoms with E-state index in [9.17, 15) is 9.18 Å². The molecule has 1 amide bonds. The number of methoxy groups -OCH3 is 1. The number of H-pyrrole nitrogens is 1. The van der Waals surface area contributed by atoms with Gasteiger partial charge in [0.1, 0.15) is 5.82 Å². The molecule has 34 heavy (non-hydrogen) atoms. The van der Waals surface area contributed by atoms with Crippen LogP contribution in [0.1, 0.15) is 33.0 Å². The van der Waals surface area contributed by atoms with Crippen LogP contribution in [-0.2, 0) is 13.0 Å². The first-order valence-corrected chi connectivity index (χ1v) is 10.8. The Morgan fingerprint density at radius 1 is 1.21 bits per heavy atom. The molecule has 2 N–H and O–H groups in total. The van der Waals surface area contributed by atoms with Crippen molar-refractivity contribution in [2.24, 2.45) is 0 Å². The van der Waals surface area contributed by atoms with Gasteiger partial charge in [-0.05, 0) is 36.8 Å². The molecule has 5 rings (SSSR count). The second-order valence-corrected chi connectivity index (χ2v) is 8.22. The number of fused-ring (bicyclic) bond motifs is 1. The summed E-state index contributed by atoms with van der Waals surface area (Å²) in [5.41, 5.74) is 6.17. The summed E-state index contributed by atoms with van der Waals surface area (Å²) in [4.78, 5) is 30.7. The molecule has 0 unspecified atom stereocenters. The summed E-state index contributed by atoms with van der Waals surface area (Å²) in [5, 5.41) is 3.40. The molecule has 172 valence electrons. The van der Waals surface area contributed by atoms with Gasteiger partial charge in [0.05, 0.1) is 60.7 Å². The van der Waals surface area contributed by atoms with Crippen molar-refractivity contribution < 1.29 is 13.9 Å². The number of nitrogens with zero attached hydrogens (tertiary/aromatic N) is 4. The SMILES string of the molecule is COc1c(Nc2cc(Cc3cc(C)c(F)cn3)nc3c2C(=O)N(C)C3)cccc1-c1cnc[nH]1. The first-order chi connectivity index (χ1) is 16.4. The quantitative estimate of drug-likeness (QED) is 0.449. The van der Waals surface area contributed by atoms with Gasteiger partial charge in [-0.2, -0.15) is 0 Å². The summed E-state index contributed by atoms with van der Waals surface area (Å²) in [7, 11) is 3.35. The van der Waals surface area contributed by atoms with Gasteiger partial charge in [0.25, 0.3) is 5.91 Å². The highest BCUT2D eigenvalue weighted by Crippen LogP contribution is 2.39. The molecular formula is C25H23FN6O2. The molecule has 8 nitrogen and oxygen atoms in total. The van der Waals surface area contributed by atoms with Crippen LogP contribution in [0.4, 0.5) is 15.8 Å². The third kappa shape index (κ3) is 3.85. The number of anilines is 2. The van der Waals surface area contributed by atoms with Gasteiger partial charge in [-0.1, -0.05) is 6.07 Å². The van der Waals surface area contributed by atoms with Crippen LogP contribution >= 0.6 is 0 Å². The van der Waals surface area contributed by atoms with Crippen LogP contribution in [0.15, 0.2) is 49.1 Å². The normalized spacial score (nSPS) is 12.7. The topological polar surface area (TPSA) is 96.0 Å². The molecule has 0 saturated carbocycles. The highest BCUT2D eigenvalue weighted by molar-refractivity contribution is 6.03. The van der Waals surface area contributed by atoms with Gasteiger partial charge in [-0.25, -0.2) is 9.37 Å². The summed E-state index contributed by atoms with van der Waals surface area (Å²) in [6, 6.07) is 9.28. The maximum atomic E-state index is 13.7. The van der Waals surface area contributed by atoms with Gasteiger partial charge >= 0.3 is 0 Å². The second kappa shape index (κ2) is 8.58. The smallest absolute Gasteiger partial charge is 0.257 e. The Morgan fingerprint density at radius 2 is 2.06 bits per heavy atom. The number of aryl methyl sites for hydroxylation is 1. The third-order valence-corrected chi connectivity index (χ3v) is 5.84. The minimum Gasteiger partial charge on any atom is -0.494 e. The monoisotopic (exact) mass is 458 g/mol. The van der Waals surface area contributed by atoms with Crippen LogP contribution in [0.3, 0.4) is 0 Å². The standard InChI is InChI=1S/C25H23FN6O2/c1-14-7-15(28-10-18(14)26)8-16-9-20(23-22(30-16)12-32(2)25(23)33)31-19-6-4-5-17(24(19)34-3)21-11-27-13-29-21/h4-7,9-11,13H,8,12H2,1-3H3,(H,27,29)(H,30,31). The Bertz CT molecular complexity index is 1390. The van der Waals surface area contributed by atoms with Crippen LogP contribution in [0.5, 0.6) is 5.75 Å². The van der Waals surface area contributed by atoms with E-state index in [2.05, 4.69) is 20.3 Å². The number of pyridine rings is 2. The molecule has 0 spiro atoms. The van der Waals surface area contributed by atoms with E-state index in [4.69, 9.17) is 9.72 Å². The highest BCUT2D eigenvalue weighted by Gasteiger charge is 2.30. The number of halogens is 1. The average molecular weight is 458 g/mol. The van der Waals surface area contributed by atoms with E-state index in [1.807, 2.05) is 24.3 Å². The number of aromatic nitrogens is 4. The lowest BCUT2D eigenvalue weighted by molar-refractivity contribution is 0.0817. The van der Waals surface area contributed by atoms with Crippen LogP contribution in [0.25, 0.3) is 11.3 Å². The zero-order chi connectivity index (χ0) is 23.8. The number of carbonyl (C=O) groups excluding carboxylic acids is 1. The number of hydrogen-bond donors (Lipinski definition) is 2. The van der Waals surface area contributed by atoms with Gasteiger partial charge in [0.15, 0.2) is 5.75 Å². The predicted molar refractivity (Wildman–Crippen MR) is 126 cm³/mol. The van der Waals surface area contributed by atoms with Crippen molar-refractivity contribution in [1.29, 1.82) is 0 Å². The molecule has 3 aromatic heterocycles. The fourth-order valence-corrected chi connectivity index (χ4v) is 4.18. The predicted octanol–water partition coefficient (Wildman–Crippen LogP) is 4.24. The lowest BCUT2D eigenvalue weighted by atomic mass is 10.1. The zero-order valence-corrected chi connectivity index (χ0v) is 19.0. The zero-order valence-electron chi connectivity index (χ0n) is 19.0. The van der Waals surface area contributed by atoms with Gasteiger partial charge in [-0.3, -0.25) is 14.8 Å². The number of imidazole rings is 1. The van der Waals surface area contributed by atoms with E-state index in [0.29, 0.717) is 52.6 Å². The molecule has 0 fully saturated rings. The van der Waals surface area contributed by atoms with Crippen molar-refractivity contribution >= 4 is 17.3 Å². The van der Waals surface area contributed by atoms with Crippen molar-refractivity contribution in [2.75, 3.05) is 19.5 Å². The Balaban J connectivity index is 1.57. The number of nitrogens with one attached hydrogen (secondary N) is 2. The van der Waals surface area contributed by atoms with E-state index >= 15 is 0 Å². The lowest BCUT2D eigenvalue weighted by Gasteiger charge is -2.17. The maximum Gasteiger partial charge on any atom is 0.257 e. The van der Waals surface area contributed by atoms with Crippen molar-refractivity contribution in [2.45, 2.75) is 19.9 Å². The van der Waals surface area contributed by atoms with Crippen LogP contribution in [0.2, 0.25) is 0 Å². The number of ether oxygens (including phenoxy) is 1. The van der Waals surface area contributed by atoms with E-state index in [1.165, 1.54) is 6.20 Å². The molecule has 1 aromatic carbocycles. The maximum absolute atomic E-state index is 13.7. The molecule has 0 saturated heterocycles. The summed E-state index contributed by atoms with van der Waals surface area (Å²) in [6.07, 6.45) is 4.96. The summed E-state index contributed by atoms with van der Waals surface area (Å²) in [5.74, 6) is 0.175. The number of hydrogen-bond acceptors (Lipinski definition) is 6. The lowest BCUT2D eigenvalue weighted by Crippen LogP contribution is -2.18. The highest BCUT2D eigenvalue weighted by atomic mass is 19.1. The molecule has 4 heterocycles. The molecule has 0 radical (unpaired) electrons. The number of rotatable bonds is 6. The summed E-state index contributed by atoms with van der Waals surface area (Å²) >= 11 is 0. The number of amides is 1. The summed E-state index contributed by atoms with van der Waals surface area (Å²) < 4.78 is 19.4. The van der Waals surface area contributed by atoms with E-state index in [-0.39, 0.29) is 11.7 Å². The van der Waals surface area contributed by atoms with Gasteiger partial charge in [0, 0.05) is 30.4 Å². The first kappa shape index (κ1) is 21.6. The molecule has 1 aliphatic heterocycles. The van der Waals surface area contributed by atoms with Gasteiger partial charge in [-0.15, -0.1) is 0 Å². The minimum absolute atomic E-state index is 0.101. The third-order valence-electron chi connectivity index (χ3n) is 5.84. The molecule has 1 aliphatic rings. The fourth-order valence-electron chi connectivity index (χ4n) is 4.18. The van der Waals surface area contributed by atoms with Crippen molar-refractivity contribution in [3.8, 4) is 17.0 Å². The van der Waals surface area contributed by atoms with E-state index in [1.54, 1.807) is 44.6 Å². The Hall–Kier alpha value is -4.27. The molecule has 9 heteroatoms. The van der Waals surface area contributed by atoms with Crippen LogP contribution in [0, 0.1) is 12.7 Å². The van der Waals surface area contributed by atoms with Crippen LogP contribution in [-0.4, -0.2) is 44.9 Å². The van der Waals surface area contributed by atoms with Crippen molar-refractivity contribution in [1.82, 2.24) is 24.8 Å². The van der Waals surface area contributed by atoms with E-state index < -0.39 is 0 Å². The number of para-hydroxylation sites is 1. The van der Waals surface area contributed by atoms with Crippen LogP contribution < -0.4 is 10.1 Å². The number of carbonyl (C=O) groups is 1. The Kier molecular flexibility index (Phi) is 5.45. The van der Waals surface area contributed by atoms with Gasteiger partial charge in [0.2, 0.25) is 0 Å². The molecule has 0 atom stereocenters. The summed E-state index contributed by atoms with van der Waals surface area (Å²) in [6.45, 7) is 2.12. The Morgan fingerprint density at radius 3 is 2.79 bits per heavy atom. The molecular weight excluding hydrogens is 435 g/mol. The molecule has 4 aromatic rings. The molecule has 0 bridgehead atoms. The largest absolute Gasteiger partial charge is 0.494 e. The average Bonchev–Trinajstić information content (AvgIpc) is 3.45. The van der Waals surface area contributed by atoms with Gasteiger partial charge < -0.3 is 19.9 Å². The van der Waals surface area contributed by atoms with Crippen molar-refractivity contribution in [3.63, 3.8) is 0 Å². The number of benzene rings is 1. The first-order valence-electron chi connectivity index (χ1n) is 10.8. The molecule has 0 aliphatic carbocycles. The minimum atomic E-state index is -0.343. The number of aromatic amines is 1. The fraction of sp³-hybridized carbons (Fsp3) is 0.200. The van der Waals surface area contributed by atoms with Crippen molar-refractivity contribution in [3.05, 3.63) is 83.1 Å². The Labute approximate surface area is 195 Å². The van der Waals surface area contributed by atoms with E-state index in [0.717, 1.165) is 17.0 Å². The second-order valence-electron chi connectivity index (χ2n) is 8.22.